The van der Waals surface area contributed by atoms with Crippen LogP contribution in [-0.2, 0) is 0 Å². The lowest BCUT2D eigenvalue weighted by Crippen LogP contribution is -2.14. The standard InChI is InChI=1S/C14H11BrCl2N2O2/c1-21-12-3-2-7(15)4-11(12)19-14(20)9-5-8(18)6-10(16)13(9)17/h2-6H,18H2,1H3,(H,19,20). The minimum absolute atomic E-state index is 0.150. The molecule has 7 heteroatoms. The monoisotopic (exact) mass is 388 g/mol. The van der Waals surface area contributed by atoms with Crippen LogP contribution in [0.15, 0.2) is 34.8 Å². The van der Waals surface area contributed by atoms with Crippen molar-refractivity contribution in [3.05, 3.63) is 50.4 Å². The van der Waals surface area contributed by atoms with Gasteiger partial charge < -0.3 is 15.8 Å². The molecule has 0 saturated heterocycles. The normalized spacial score (nSPS) is 10.3. The Bertz CT molecular complexity index is 708. The third-order valence-corrected chi connectivity index (χ3v) is 4.00. The van der Waals surface area contributed by atoms with E-state index in [1.54, 1.807) is 18.2 Å². The van der Waals surface area contributed by atoms with E-state index in [2.05, 4.69) is 21.2 Å². The number of hydrogen-bond acceptors (Lipinski definition) is 3. The average molecular weight is 390 g/mol. The molecule has 0 heterocycles. The second kappa shape index (κ2) is 6.56. The number of carbonyl (C=O) groups excluding carboxylic acids is 1. The van der Waals surface area contributed by atoms with Gasteiger partial charge >= 0.3 is 0 Å². The molecule has 110 valence electrons. The molecule has 1 amide bonds. The summed E-state index contributed by atoms with van der Waals surface area (Å²) < 4.78 is 6.00. The molecule has 0 saturated carbocycles. The van der Waals surface area contributed by atoms with Gasteiger partial charge in [0.15, 0.2) is 0 Å². The summed E-state index contributed by atoms with van der Waals surface area (Å²) in [6.07, 6.45) is 0. The quantitative estimate of drug-likeness (QED) is 0.754. The minimum atomic E-state index is -0.425. The molecular weight excluding hydrogens is 379 g/mol. The molecule has 0 aliphatic rings. The van der Waals surface area contributed by atoms with Crippen LogP contribution in [0, 0.1) is 0 Å². The maximum atomic E-state index is 12.3. The van der Waals surface area contributed by atoms with Crippen LogP contribution in [0.25, 0.3) is 0 Å². The average Bonchev–Trinajstić information content (AvgIpc) is 2.43. The van der Waals surface area contributed by atoms with Crippen LogP contribution >= 0.6 is 39.1 Å². The first-order valence-corrected chi connectivity index (χ1v) is 7.36. The van der Waals surface area contributed by atoms with Crippen molar-refractivity contribution < 1.29 is 9.53 Å². The smallest absolute Gasteiger partial charge is 0.257 e. The van der Waals surface area contributed by atoms with Crippen LogP contribution in [0.5, 0.6) is 5.75 Å². The third kappa shape index (κ3) is 3.61. The summed E-state index contributed by atoms with van der Waals surface area (Å²) in [6, 6.07) is 8.21. The third-order valence-electron chi connectivity index (χ3n) is 2.70. The first kappa shape index (κ1) is 15.9. The Hall–Kier alpha value is -1.43. The number of hydrogen-bond donors (Lipinski definition) is 2. The summed E-state index contributed by atoms with van der Waals surface area (Å²) in [6.45, 7) is 0. The fourth-order valence-corrected chi connectivity index (χ4v) is 2.53. The minimum Gasteiger partial charge on any atom is -0.495 e. The van der Waals surface area contributed by atoms with E-state index in [4.69, 9.17) is 33.7 Å². The maximum Gasteiger partial charge on any atom is 0.257 e. The Morgan fingerprint density at radius 2 is 2.00 bits per heavy atom. The summed E-state index contributed by atoms with van der Waals surface area (Å²) in [7, 11) is 1.52. The van der Waals surface area contributed by atoms with Crippen molar-refractivity contribution in [2.45, 2.75) is 0 Å². The Morgan fingerprint density at radius 1 is 1.29 bits per heavy atom. The number of nitrogens with two attached hydrogens (primary N) is 1. The molecule has 2 aromatic rings. The van der Waals surface area contributed by atoms with Gasteiger partial charge in [-0.1, -0.05) is 39.1 Å². The Kier molecular flexibility index (Phi) is 4.98. The zero-order chi connectivity index (χ0) is 15.6. The van der Waals surface area contributed by atoms with E-state index in [-0.39, 0.29) is 15.6 Å². The van der Waals surface area contributed by atoms with E-state index in [0.29, 0.717) is 17.1 Å². The van der Waals surface area contributed by atoms with Gasteiger partial charge in [-0.05, 0) is 30.3 Å². The lowest BCUT2D eigenvalue weighted by molar-refractivity contribution is 0.102. The molecular formula is C14H11BrCl2N2O2. The van der Waals surface area contributed by atoms with Crippen molar-refractivity contribution >= 4 is 56.4 Å². The molecule has 0 fully saturated rings. The van der Waals surface area contributed by atoms with Crippen LogP contribution in [0.3, 0.4) is 0 Å². The zero-order valence-corrected chi connectivity index (χ0v) is 14.0. The zero-order valence-electron chi connectivity index (χ0n) is 10.9. The van der Waals surface area contributed by atoms with E-state index in [0.717, 1.165) is 4.47 Å². The van der Waals surface area contributed by atoms with Crippen LogP contribution in [-0.4, -0.2) is 13.0 Å². The molecule has 4 nitrogen and oxygen atoms in total. The summed E-state index contributed by atoms with van der Waals surface area (Å²) in [5.41, 5.74) is 6.75. The molecule has 2 aromatic carbocycles. The molecule has 0 aromatic heterocycles. The Balaban J connectivity index is 2.37. The highest BCUT2D eigenvalue weighted by atomic mass is 79.9. The van der Waals surface area contributed by atoms with Gasteiger partial charge in [0.25, 0.3) is 5.91 Å². The van der Waals surface area contributed by atoms with Crippen molar-refractivity contribution in [3.8, 4) is 5.75 Å². The lowest BCUT2D eigenvalue weighted by Gasteiger charge is -2.12. The number of amides is 1. The maximum absolute atomic E-state index is 12.3. The summed E-state index contributed by atoms with van der Waals surface area (Å²) >= 11 is 15.3. The number of nitrogens with one attached hydrogen (secondary N) is 1. The molecule has 0 atom stereocenters. The highest BCUT2D eigenvalue weighted by Crippen LogP contribution is 2.32. The van der Waals surface area contributed by atoms with Crippen LogP contribution in [0.1, 0.15) is 10.4 Å². The number of ether oxygens (including phenoxy) is 1. The summed E-state index contributed by atoms with van der Waals surface area (Å²) in [5.74, 6) is 0.100. The molecule has 2 rings (SSSR count). The topological polar surface area (TPSA) is 64.3 Å². The molecule has 0 bridgehead atoms. The molecule has 0 unspecified atom stereocenters. The lowest BCUT2D eigenvalue weighted by atomic mass is 10.1. The van der Waals surface area contributed by atoms with Crippen LogP contribution in [0.2, 0.25) is 10.0 Å². The van der Waals surface area contributed by atoms with Gasteiger partial charge in [0.2, 0.25) is 0 Å². The van der Waals surface area contributed by atoms with Gasteiger partial charge in [-0.25, -0.2) is 0 Å². The molecule has 0 aliphatic heterocycles. The Morgan fingerprint density at radius 3 is 2.67 bits per heavy atom. The van der Waals surface area contributed by atoms with Gasteiger partial charge in [-0.3, -0.25) is 4.79 Å². The summed E-state index contributed by atoms with van der Waals surface area (Å²) in [4.78, 5) is 12.3. The van der Waals surface area contributed by atoms with E-state index >= 15 is 0 Å². The molecule has 0 radical (unpaired) electrons. The van der Waals surface area contributed by atoms with Gasteiger partial charge in [-0.2, -0.15) is 0 Å². The van der Waals surface area contributed by atoms with Gasteiger partial charge in [0, 0.05) is 10.2 Å². The van der Waals surface area contributed by atoms with E-state index in [1.165, 1.54) is 19.2 Å². The van der Waals surface area contributed by atoms with Gasteiger partial charge in [-0.15, -0.1) is 0 Å². The second-order valence-corrected chi connectivity index (χ2v) is 5.86. The predicted octanol–water partition coefficient (Wildman–Crippen LogP) is 4.60. The highest BCUT2D eigenvalue weighted by Gasteiger charge is 2.16. The van der Waals surface area contributed by atoms with Gasteiger partial charge in [0.05, 0.1) is 28.4 Å². The predicted molar refractivity (Wildman–Crippen MR) is 89.5 cm³/mol. The van der Waals surface area contributed by atoms with Crippen molar-refractivity contribution in [2.24, 2.45) is 0 Å². The van der Waals surface area contributed by atoms with E-state index < -0.39 is 5.91 Å². The number of carbonyl (C=O) groups is 1. The highest BCUT2D eigenvalue weighted by molar-refractivity contribution is 9.10. The van der Waals surface area contributed by atoms with Crippen molar-refractivity contribution in [1.82, 2.24) is 0 Å². The number of methoxy groups -OCH3 is 1. The molecule has 0 aliphatic carbocycles. The number of nitrogen functional groups attached to an aromatic ring is 1. The molecule has 3 N–H and O–H groups in total. The van der Waals surface area contributed by atoms with E-state index in [9.17, 15) is 4.79 Å². The molecule has 0 spiro atoms. The largest absolute Gasteiger partial charge is 0.495 e. The molecule has 21 heavy (non-hydrogen) atoms. The van der Waals surface area contributed by atoms with Crippen molar-refractivity contribution in [2.75, 3.05) is 18.2 Å². The summed E-state index contributed by atoms with van der Waals surface area (Å²) in [5, 5.41) is 3.10. The fourth-order valence-electron chi connectivity index (χ4n) is 1.74. The van der Waals surface area contributed by atoms with Gasteiger partial charge in [0.1, 0.15) is 5.75 Å². The first-order valence-electron chi connectivity index (χ1n) is 5.81. The van der Waals surface area contributed by atoms with Crippen LogP contribution < -0.4 is 15.8 Å². The number of benzene rings is 2. The van der Waals surface area contributed by atoms with Crippen molar-refractivity contribution in [3.63, 3.8) is 0 Å². The second-order valence-electron chi connectivity index (χ2n) is 4.16. The SMILES string of the molecule is COc1ccc(Br)cc1NC(=O)c1cc(N)cc(Cl)c1Cl. The van der Waals surface area contributed by atoms with E-state index in [1.807, 2.05) is 0 Å². The van der Waals surface area contributed by atoms with Crippen molar-refractivity contribution in [1.29, 1.82) is 0 Å². The Labute approximate surface area is 140 Å². The fraction of sp³-hybridized carbons (Fsp3) is 0.0714. The number of anilines is 2. The number of rotatable bonds is 3. The van der Waals surface area contributed by atoms with Crippen LogP contribution in [0.4, 0.5) is 11.4 Å². The number of halogens is 3. The first-order chi connectivity index (χ1) is 9.92.